The summed E-state index contributed by atoms with van der Waals surface area (Å²) in [5.74, 6) is -2.62. The zero-order valence-corrected chi connectivity index (χ0v) is 10.0. The molecule has 0 saturated carbocycles. The molecule has 94 valence electrons. The van der Waals surface area contributed by atoms with Crippen LogP contribution in [-0.4, -0.2) is 28.8 Å². The van der Waals surface area contributed by atoms with E-state index in [0.29, 0.717) is 0 Å². The topological polar surface area (TPSA) is 83.8 Å². The van der Waals surface area contributed by atoms with Gasteiger partial charge in [-0.15, -0.1) is 0 Å². The minimum Gasteiger partial charge on any atom is -0.502 e. The highest BCUT2D eigenvalue weighted by molar-refractivity contribution is 5.88. The molecule has 0 amide bonds. The van der Waals surface area contributed by atoms with E-state index < -0.39 is 18.4 Å². The van der Waals surface area contributed by atoms with Crippen LogP contribution in [0.1, 0.15) is 40.0 Å². The first-order valence-corrected chi connectivity index (χ1v) is 5.20. The summed E-state index contributed by atoms with van der Waals surface area (Å²) < 4.78 is 5.12. The summed E-state index contributed by atoms with van der Waals surface area (Å²) in [6, 6.07) is 0. The highest BCUT2D eigenvalue weighted by Gasteiger charge is 2.01. The number of hydrogen-bond donors (Lipinski definition) is 2. The molecule has 0 spiro atoms. The van der Waals surface area contributed by atoms with E-state index in [1.165, 1.54) is 5.57 Å². The molecule has 16 heavy (non-hydrogen) atoms. The Balaban J connectivity index is 0. The summed E-state index contributed by atoms with van der Waals surface area (Å²) in [7, 11) is 0. The maximum atomic E-state index is 9.43. The van der Waals surface area contributed by atoms with Crippen molar-refractivity contribution in [2.75, 3.05) is 6.61 Å². The van der Waals surface area contributed by atoms with Crippen molar-refractivity contribution < 1.29 is 24.5 Å². The largest absolute Gasteiger partial charge is 0.502 e. The Morgan fingerprint density at radius 3 is 1.69 bits per heavy atom. The van der Waals surface area contributed by atoms with Crippen LogP contribution in [0.4, 0.5) is 0 Å². The predicted octanol–water partition coefficient (Wildman–Crippen LogP) is 2.27. The van der Waals surface area contributed by atoms with Crippen molar-refractivity contribution in [1.82, 2.24) is 0 Å². The molecule has 0 aliphatic heterocycles. The second kappa shape index (κ2) is 11.6. The van der Waals surface area contributed by atoms with Crippen LogP contribution in [0.5, 0.6) is 0 Å². The fourth-order valence-electron chi connectivity index (χ4n) is 0.747. The van der Waals surface area contributed by atoms with Crippen molar-refractivity contribution >= 4 is 11.9 Å². The van der Waals surface area contributed by atoms with Gasteiger partial charge in [0.25, 0.3) is 0 Å². The molecule has 0 fully saturated rings. The van der Waals surface area contributed by atoms with Crippen LogP contribution in [0.15, 0.2) is 11.8 Å². The van der Waals surface area contributed by atoms with Crippen molar-refractivity contribution in [3.05, 3.63) is 11.8 Å². The first-order valence-electron chi connectivity index (χ1n) is 5.20. The van der Waals surface area contributed by atoms with Gasteiger partial charge >= 0.3 is 11.9 Å². The predicted molar refractivity (Wildman–Crippen MR) is 60.2 cm³/mol. The highest BCUT2D eigenvalue weighted by atomic mass is 16.5. The third-order valence-electron chi connectivity index (χ3n) is 1.63. The van der Waals surface area contributed by atoms with Gasteiger partial charge in [-0.3, -0.25) is 9.59 Å². The minimum absolute atomic E-state index is 0.781. The lowest BCUT2D eigenvalue weighted by molar-refractivity contribution is -0.147. The van der Waals surface area contributed by atoms with Gasteiger partial charge in [-0.2, -0.15) is 0 Å². The molecule has 0 unspecified atom stereocenters. The van der Waals surface area contributed by atoms with Crippen molar-refractivity contribution in [3.63, 3.8) is 0 Å². The van der Waals surface area contributed by atoms with Crippen LogP contribution < -0.4 is 0 Å². The van der Waals surface area contributed by atoms with Gasteiger partial charge in [0.2, 0.25) is 0 Å². The van der Waals surface area contributed by atoms with Crippen LogP contribution in [-0.2, 0) is 14.3 Å². The summed E-state index contributed by atoms with van der Waals surface area (Å²) in [6.45, 7) is 7.08. The van der Waals surface area contributed by atoms with E-state index in [4.69, 9.17) is 14.9 Å². The average molecular weight is 232 g/mol. The van der Waals surface area contributed by atoms with E-state index in [-0.39, 0.29) is 0 Å². The molecule has 0 atom stereocenters. The zero-order chi connectivity index (χ0) is 13.0. The van der Waals surface area contributed by atoms with Crippen LogP contribution in [0.25, 0.3) is 0 Å². The standard InChI is InChI=1S/C8H16O.C3H4O4/c1-4-8(5-2)7-9-6-3;4-2(5)1-3(6)7/h7H,4-6H2,1-3H3;1H2,(H,4,5)(H,6,7). The summed E-state index contributed by atoms with van der Waals surface area (Å²) in [6.07, 6.45) is 3.28. The number of allylic oxidation sites excluding steroid dienone is 1. The van der Waals surface area contributed by atoms with Gasteiger partial charge < -0.3 is 14.9 Å². The zero-order valence-electron chi connectivity index (χ0n) is 10.0. The molecule has 0 aliphatic carbocycles. The van der Waals surface area contributed by atoms with Gasteiger partial charge in [0, 0.05) is 0 Å². The first-order chi connectivity index (χ1) is 7.47. The quantitative estimate of drug-likeness (QED) is 0.542. The molecule has 0 aromatic heterocycles. The Morgan fingerprint density at radius 2 is 1.50 bits per heavy atom. The van der Waals surface area contributed by atoms with E-state index in [1.807, 2.05) is 13.2 Å². The molecule has 0 bridgehead atoms. The second-order valence-corrected chi connectivity index (χ2v) is 2.90. The van der Waals surface area contributed by atoms with Crippen LogP contribution >= 0.6 is 0 Å². The number of carboxylic acids is 2. The van der Waals surface area contributed by atoms with Crippen LogP contribution in [0.2, 0.25) is 0 Å². The Bertz CT molecular complexity index is 215. The van der Waals surface area contributed by atoms with Gasteiger partial charge in [0.1, 0.15) is 6.42 Å². The maximum Gasteiger partial charge on any atom is 0.314 e. The third-order valence-corrected chi connectivity index (χ3v) is 1.63. The van der Waals surface area contributed by atoms with Crippen molar-refractivity contribution in [2.24, 2.45) is 0 Å². The average Bonchev–Trinajstić information content (AvgIpc) is 2.18. The van der Waals surface area contributed by atoms with Crippen molar-refractivity contribution in [1.29, 1.82) is 0 Å². The molecule has 5 heteroatoms. The monoisotopic (exact) mass is 232 g/mol. The van der Waals surface area contributed by atoms with E-state index in [2.05, 4.69) is 13.8 Å². The second-order valence-electron chi connectivity index (χ2n) is 2.90. The van der Waals surface area contributed by atoms with E-state index in [0.717, 1.165) is 19.4 Å². The maximum absolute atomic E-state index is 9.43. The van der Waals surface area contributed by atoms with Crippen molar-refractivity contribution in [3.8, 4) is 0 Å². The molecule has 2 N–H and O–H groups in total. The lowest BCUT2D eigenvalue weighted by Gasteiger charge is -1.99. The fraction of sp³-hybridized carbons (Fsp3) is 0.636. The molecule has 0 rings (SSSR count). The number of carbonyl (C=O) groups is 2. The van der Waals surface area contributed by atoms with Gasteiger partial charge in [0.05, 0.1) is 12.9 Å². The Hall–Kier alpha value is -1.52. The molecular weight excluding hydrogens is 212 g/mol. The highest BCUT2D eigenvalue weighted by Crippen LogP contribution is 2.04. The summed E-state index contributed by atoms with van der Waals surface area (Å²) >= 11 is 0. The molecule has 0 aliphatic rings. The van der Waals surface area contributed by atoms with Gasteiger partial charge in [-0.25, -0.2) is 0 Å². The molecule has 0 aromatic carbocycles. The van der Waals surface area contributed by atoms with E-state index >= 15 is 0 Å². The smallest absolute Gasteiger partial charge is 0.314 e. The normalized spacial score (nSPS) is 8.44. The summed E-state index contributed by atoms with van der Waals surface area (Å²) in [4.78, 5) is 18.9. The third kappa shape index (κ3) is 15.0. The SMILES string of the molecule is CCOC=C(CC)CC.O=C(O)CC(=O)O. The van der Waals surface area contributed by atoms with Crippen LogP contribution in [0.3, 0.4) is 0 Å². The van der Waals surface area contributed by atoms with Gasteiger partial charge in [0.15, 0.2) is 0 Å². The molecule has 0 radical (unpaired) electrons. The Labute approximate surface area is 95.7 Å². The lowest BCUT2D eigenvalue weighted by Crippen LogP contribution is -2.03. The molecular formula is C11H20O5. The van der Waals surface area contributed by atoms with Gasteiger partial charge in [-0.05, 0) is 25.3 Å². The van der Waals surface area contributed by atoms with E-state index in [9.17, 15) is 9.59 Å². The fourth-order valence-corrected chi connectivity index (χ4v) is 0.747. The first kappa shape index (κ1) is 16.9. The molecule has 0 heterocycles. The van der Waals surface area contributed by atoms with E-state index in [1.54, 1.807) is 0 Å². The van der Waals surface area contributed by atoms with Crippen LogP contribution in [0, 0.1) is 0 Å². The minimum atomic E-state index is -1.31. The Morgan fingerprint density at radius 1 is 1.06 bits per heavy atom. The number of hydrogen-bond acceptors (Lipinski definition) is 3. The molecule has 0 saturated heterocycles. The number of ether oxygens (including phenoxy) is 1. The summed E-state index contributed by atoms with van der Waals surface area (Å²) in [5, 5.41) is 15.4. The molecule has 5 nitrogen and oxygen atoms in total. The number of rotatable bonds is 6. The summed E-state index contributed by atoms with van der Waals surface area (Å²) in [5.41, 5.74) is 1.39. The van der Waals surface area contributed by atoms with Gasteiger partial charge in [-0.1, -0.05) is 13.8 Å². The lowest BCUT2D eigenvalue weighted by atomic mass is 10.2. The Kier molecular flexibility index (Phi) is 12.2. The van der Waals surface area contributed by atoms with Crippen molar-refractivity contribution in [2.45, 2.75) is 40.0 Å². The number of aliphatic carboxylic acids is 2. The molecule has 0 aromatic rings. The number of carboxylic acid groups (broad SMARTS) is 2.